The summed E-state index contributed by atoms with van der Waals surface area (Å²) in [5, 5.41) is 0. The van der Waals surface area contributed by atoms with Crippen LogP contribution < -0.4 is 0 Å². The Hall–Kier alpha value is -2.67. The predicted molar refractivity (Wildman–Crippen MR) is 81.0 cm³/mol. The van der Waals surface area contributed by atoms with Gasteiger partial charge in [0.1, 0.15) is 0 Å². The summed E-state index contributed by atoms with van der Waals surface area (Å²) in [6.07, 6.45) is 0. The van der Waals surface area contributed by atoms with Crippen LogP contribution in [0.3, 0.4) is 0 Å². The fraction of sp³-hybridized carbons (Fsp3) is 0.125. The van der Waals surface area contributed by atoms with Gasteiger partial charge in [-0.15, -0.1) is 0 Å². The topological polar surface area (TPSA) is 86.7 Å². The first-order valence-corrected chi connectivity index (χ1v) is 8.00. The predicted octanol–water partition coefficient (Wildman–Crippen LogP) is 2.09. The van der Waals surface area contributed by atoms with Crippen molar-refractivity contribution < 1.29 is 27.5 Å². The Morgan fingerprint density at radius 3 is 1.91 bits per heavy atom. The molecule has 0 atom stereocenters. The highest BCUT2D eigenvalue weighted by atomic mass is 32.2. The molecule has 2 aromatic carbocycles. The second-order valence-electron chi connectivity index (χ2n) is 4.54. The van der Waals surface area contributed by atoms with E-state index < -0.39 is 21.8 Å². The maximum Gasteiger partial charge on any atom is 0.337 e. The number of hydrogen-bond acceptors (Lipinski definition) is 6. The molecule has 23 heavy (non-hydrogen) atoms. The molecule has 0 amide bonds. The van der Waals surface area contributed by atoms with E-state index in [1.807, 2.05) is 0 Å². The van der Waals surface area contributed by atoms with E-state index in [1.165, 1.54) is 62.8 Å². The molecule has 0 aliphatic heterocycles. The Kier molecular flexibility index (Phi) is 4.80. The normalized spacial score (nSPS) is 10.9. The summed E-state index contributed by atoms with van der Waals surface area (Å²) in [5.41, 5.74) is 0.384. The van der Waals surface area contributed by atoms with Crippen LogP contribution in [-0.2, 0) is 19.3 Å². The Morgan fingerprint density at radius 1 is 0.783 bits per heavy atom. The van der Waals surface area contributed by atoms with Crippen molar-refractivity contribution in [3.63, 3.8) is 0 Å². The molecular formula is C16H14O6S. The first kappa shape index (κ1) is 16.7. The molecule has 0 radical (unpaired) electrons. The molecule has 0 spiro atoms. The van der Waals surface area contributed by atoms with Gasteiger partial charge >= 0.3 is 11.9 Å². The molecule has 0 bridgehead atoms. The van der Waals surface area contributed by atoms with E-state index in [0.717, 1.165) is 0 Å². The number of sulfone groups is 1. The van der Waals surface area contributed by atoms with Gasteiger partial charge in [-0.25, -0.2) is 18.0 Å². The summed E-state index contributed by atoms with van der Waals surface area (Å²) >= 11 is 0. The van der Waals surface area contributed by atoms with Crippen LogP contribution in [0.4, 0.5) is 0 Å². The summed E-state index contributed by atoms with van der Waals surface area (Å²) < 4.78 is 34.3. The number of ether oxygens (including phenoxy) is 2. The molecule has 0 unspecified atom stereocenters. The third-order valence-electron chi connectivity index (χ3n) is 3.15. The third-order valence-corrected chi connectivity index (χ3v) is 4.92. The number of carbonyl (C=O) groups excluding carboxylic acids is 2. The SMILES string of the molecule is COC(=O)c1ccc(S(=O)(=O)c2cccc(C(=O)OC)c2)cc1. The highest BCUT2D eigenvalue weighted by Crippen LogP contribution is 2.22. The van der Waals surface area contributed by atoms with Crippen LogP contribution in [0, 0.1) is 0 Å². The maximum absolute atomic E-state index is 12.6. The van der Waals surface area contributed by atoms with Gasteiger partial charge in [0.05, 0.1) is 35.1 Å². The zero-order valence-electron chi connectivity index (χ0n) is 12.5. The number of hydrogen-bond donors (Lipinski definition) is 0. The Labute approximate surface area is 133 Å². The zero-order chi connectivity index (χ0) is 17.0. The van der Waals surface area contributed by atoms with Crippen LogP contribution in [-0.4, -0.2) is 34.6 Å². The molecule has 0 fully saturated rings. The molecule has 2 aromatic rings. The first-order chi connectivity index (χ1) is 10.9. The summed E-state index contributed by atoms with van der Waals surface area (Å²) in [5.74, 6) is -1.18. The number of benzene rings is 2. The minimum atomic E-state index is -3.81. The zero-order valence-corrected chi connectivity index (χ0v) is 13.3. The average molecular weight is 334 g/mol. The summed E-state index contributed by atoms with van der Waals surface area (Å²) in [4.78, 5) is 22.9. The van der Waals surface area contributed by atoms with Crippen LogP contribution in [0.2, 0.25) is 0 Å². The van der Waals surface area contributed by atoms with E-state index in [9.17, 15) is 18.0 Å². The quantitative estimate of drug-likeness (QED) is 0.796. The molecule has 0 aromatic heterocycles. The standard InChI is InChI=1S/C16H14O6S/c1-21-15(17)11-6-8-13(9-7-11)23(19,20)14-5-3-4-12(10-14)16(18)22-2/h3-10H,1-2H3. The second kappa shape index (κ2) is 6.62. The van der Waals surface area contributed by atoms with Gasteiger partial charge in [-0.2, -0.15) is 0 Å². The minimum Gasteiger partial charge on any atom is -0.465 e. The molecule has 0 saturated heterocycles. The number of methoxy groups -OCH3 is 2. The summed E-state index contributed by atoms with van der Waals surface area (Å²) in [6, 6.07) is 10.9. The van der Waals surface area contributed by atoms with Gasteiger partial charge in [0, 0.05) is 0 Å². The lowest BCUT2D eigenvalue weighted by Gasteiger charge is -2.07. The van der Waals surface area contributed by atoms with Gasteiger partial charge in [-0.05, 0) is 42.5 Å². The van der Waals surface area contributed by atoms with Crippen LogP contribution in [0.15, 0.2) is 58.3 Å². The summed E-state index contributed by atoms with van der Waals surface area (Å²) in [6.45, 7) is 0. The van der Waals surface area contributed by atoms with Crippen LogP contribution in [0.1, 0.15) is 20.7 Å². The molecule has 0 aliphatic carbocycles. The average Bonchev–Trinajstić information content (AvgIpc) is 2.60. The van der Waals surface area contributed by atoms with Crippen LogP contribution in [0.5, 0.6) is 0 Å². The van der Waals surface area contributed by atoms with Crippen molar-refractivity contribution >= 4 is 21.8 Å². The maximum atomic E-state index is 12.6. The van der Waals surface area contributed by atoms with E-state index in [2.05, 4.69) is 9.47 Å². The molecule has 7 heteroatoms. The van der Waals surface area contributed by atoms with Gasteiger partial charge in [-0.1, -0.05) is 6.07 Å². The molecule has 6 nitrogen and oxygen atoms in total. The van der Waals surface area contributed by atoms with E-state index >= 15 is 0 Å². The highest BCUT2D eigenvalue weighted by molar-refractivity contribution is 7.91. The van der Waals surface area contributed by atoms with Crippen molar-refractivity contribution in [1.29, 1.82) is 0 Å². The van der Waals surface area contributed by atoms with E-state index in [1.54, 1.807) is 0 Å². The van der Waals surface area contributed by atoms with Crippen molar-refractivity contribution in [3.8, 4) is 0 Å². The van der Waals surface area contributed by atoms with Gasteiger partial charge in [0.25, 0.3) is 0 Å². The van der Waals surface area contributed by atoms with Gasteiger partial charge < -0.3 is 9.47 Å². The van der Waals surface area contributed by atoms with E-state index in [0.29, 0.717) is 0 Å². The molecule has 0 saturated carbocycles. The van der Waals surface area contributed by atoms with Crippen molar-refractivity contribution in [2.24, 2.45) is 0 Å². The number of esters is 2. The molecule has 0 aliphatic rings. The Balaban J connectivity index is 2.42. The van der Waals surface area contributed by atoms with Crippen molar-refractivity contribution in [2.45, 2.75) is 9.79 Å². The van der Waals surface area contributed by atoms with E-state index in [-0.39, 0.29) is 20.9 Å². The van der Waals surface area contributed by atoms with Crippen molar-refractivity contribution in [3.05, 3.63) is 59.7 Å². The smallest absolute Gasteiger partial charge is 0.337 e. The first-order valence-electron chi connectivity index (χ1n) is 6.52. The lowest BCUT2D eigenvalue weighted by molar-refractivity contribution is 0.0591. The Bertz CT molecular complexity index is 837. The lowest BCUT2D eigenvalue weighted by Crippen LogP contribution is -2.07. The van der Waals surface area contributed by atoms with Crippen LogP contribution >= 0.6 is 0 Å². The fourth-order valence-electron chi connectivity index (χ4n) is 1.93. The molecule has 0 heterocycles. The van der Waals surface area contributed by atoms with Crippen molar-refractivity contribution in [1.82, 2.24) is 0 Å². The Morgan fingerprint density at radius 2 is 1.35 bits per heavy atom. The van der Waals surface area contributed by atoms with Crippen LogP contribution in [0.25, 0.3) is 0 Å². The number of carbonyl (C=O) groups is 2. The van der Waals surface area contributed by atoms with E-state index in [4.69, 9.17) is 0 Å². The second-order valence-corrected chi connectivity index (χ2v) is 6.49. The monoisotopic (exact) mass is 334 g/mol. The minimum absolute atomic E-state index is 0.00664. The highest BCUT2D eigenvalue weighted by Gasteiger charge is 2.20. The number of rotatable bonds is 4. The van der Waals surface area contributed by atoms with Gasteiger partial charge in [0.2, 0.25) is 9.84 Å². The van der Waals surface area contributed by atoms with Gasteiger partial charge in [0.15, 0.2) is 0 Å². The van der Waals surface area contributed by atoms with Gasteiger partial charge in [-0.3, -0.25) is 0 Å². The molecule has 0 N–H and O–H groups in total. The molecule has 2 rings (SSSR count). The largest absolute Gasteiger partial charge is 0.465 e. The fourth-order valence-corrected chi connectivity index (χ4v) is 3.24. The third kappa shape index (κ3) is 3.40. The van der Waals surface area contributed by atoms with Crippen molar-refractivity contribution in [2.75, 3.05) is 14.2 Å². The molecular weight excluding hydrogens is 320 g/mol. The summed E-state index contributed by atoms with van der Waals surface area (Å²) in [7, 11) is -1.35. The lowest BCUT2D eigenvalue weighted by atomic mass is 10.2. The molecule has 120 valence electrons.